The van der Waals surface area contributed by atoms with Gasteiger partial charge >= 0.3 is 0 Å². The molecule has 0 atom stereocenters. The van der Waals surface area contributed by atoms with E-state index in [4.69, 9.17) is 13.9 Å². The largest absolute Gasteiger partial charge is 0.497 e. The molecular weight excluding hydrogens is 372 g/mol. The minimum atomic E-state index is -0.400. The number of anilines is 1. The molecule has 2 N–H and O–H groups in total. The second kappa shape index (κ2) is 8.97. The smallest absolute Gasteiger partial charge is 0.291 e. The molecule has 0 aliphatic carbocycles. The number of amides is 2. The van der Waals surface area contributed by atoms with Crippen LogP contribution in [0.4, 0.5) is 5.69 Å². The highest BCUT2D eigenvalue weighted by molar-refractivity contribution is 6.03. The zero-order chi connectivity index (χ0) is 20.8. The van der Waals surface area contributed by atoms with Crippen LogP contribution in [0.3, 0.4) is 0 Å². The molecule has 0 radical (unpaired) electrons. The number of nitrogens with one attached hydrogen (secondary N) is 2. The molecule has 1 heterocycles. The van der Waals surface area contributed by atoms with Crippen molar-refractivity contribution in [3.63, 3.8) is 0 Å². The first-order valence-corrected chi connectivity index (χ1v) is 8.97. The molecule has 150 valence electrons. The fourth-order valence-electron chi connectivity index (χ4n) is 2.88. The minimum Gasteiger partial charge on any atom is -0.497 e. The van der Waals surface area contributed by atoms with E-state index in [-0.39, 0.29) is 11.7 Å². The van der Waals surface area contributed by atoms with Crippen LogP contribution in [-0.4, -0.2) is 33.1 Å². The van der Waals surface area contributed by atoms with E-state index in [2.05, 4.69) is 10.6 Å². The first-order valence-electron chi connectivity index (χ1n) is 8.97. The van der Waals surface area contributed by atoms with E-state index in [0.717, 1.165) is 5.56 Å². The SMILES string of the molecule is CNC(=O)c1cccc(NC(=O)c2ccc(Cc3cc(OC)ccc3OC)o2)c1. The maximum absolute atomic E-state index is 12.5. The molecule has 3 rings (SSSR count). The molecule has 0 fully saturated rings. The number of ether oxygens (including phenoxy) is 2. The van der Waals surface area contributed by atoms with Crippen LogP contribution in [0.2, 0.25) is 0 Å². The van der Waals surface area contributed by atoms with Gasteiger partial charge < -0.3 is 24.5 Å². The van der Waals surface area contributed by atoms with Crippen LogP contribution in [-0.2, 0) is 6.42 Å². The van der Waals surface area contributed by atoms with Crippen LogP contribution < -0.4 is 20.1 Å². The molecule has 2 aromatic carbocycles. The molecule has 7 nitrogen and oxygen atoms in total. The van der Waals surface area contributed by atoms with Gasteiger partial charge in [0.1, 0.15) is 17.3 Å². The summed E-state index contributed by atoms with van der Waals surface area (Å²) < 4.78 is 16.3. The number of furan rings is 1. The molecular formula is C22H22N2O5. The summed E-state index contributed by atoms with van der Waals surface area (Å²) in [6, 6.07) is 15.5. The molecule has 1 aromatic heterocycles. The van der Waals surface area contributed by atoms with Crippen LogP contribution in [0.5, 0.6) is 11.5 Å². The Kier molecular flexibility index (Phi) is 6.19. The summed E-state index contributed by atoms with van der Waals surface area (Å²) >= 11 is 0. The lowest BCUT2D eigenvalue weighted by atomic mass is 10.1. The first-order chi connectivity index (χ1) is 14.0. The molecule has 0 aliphatic heterocycles. The van der Waals surface area contributed by atoms with Crippen LogP contribution in [0, 0.1) is 0 Å². The molecule has 0 saturated heterocycles. The molecule has 7 heteroatoms. The average molecular weight is 394 g/mol. The zero-order valence-corrected chi connectivity index (χ0v) is 16.4. The number of carbonyl (C=O) groups is 2. The highest BCUT2D eigenvalue weighted by Gasteiger charge is 2.14. The number of hydrogen-bond donors (Lipinski definition) is 2. The van der Waals surface area contributed by atoms with E-state index in [1.807, 2.05) is 18.2 Å². The van der Waals surface area contributed by atoms with Crippen LogP contribution in [0.1, 0.15) is 32.2 Å². The summed E-state index contributed by atoms with van der Waals surface area (Å²) in [5.41, 5.74) is 1.84. The quantitative estimate of drug-likeness (QED) is 0.640. The molecule has 2 amide bonds. The number of hydrogen-bond acceptors (Lipinski definition) is 5. The van der Waals surface area contributed by atoms with Gasteiger partial charge in [-0.2, -0.15) is 0 Å². The zero-order valence-electron chi connectivity index (χ0n) is 16.4. The van der Waals surface area contributed by atoms with E-state index >= 15 is 0 Å². The molecule has 0 aliphatic rings. The third-order valence-electron chi connectivity index (χ3n) is 4.35. The van der Waals surface area contributed by atoms with Gasteiger partial charge in [0.2, 0.25) is 0 Å². The van der Waals surface area contributed by atoms with Gasteiger partial charge in [-0.1, -0.05) is 6.07 Å². The van der Waals surface area contributed by atoms with Crippen molar-refractivity contribution in [2.75, 3.05) is 26.6 Å². The molecule has 29 heavy (non-hydrogen) atoms. The van der Waals surface area contributed by atoms with Gasteiger partial charge in [0, 0.05) is 30.3 Å². The van der Waals surface area contributed by atoms with Gasteiger partial charge in [-0.05, 0) is 48.5 Å². The number of benzene rings is 2. The lowest BCUT2D eigenvalue weighted by Gasteiger charge is -2.09. The van der Waals surface area contributed by atoms with E-state index in [1.54, 1.807) is 57.7 Å². The van der Waals surface area contributed by atoms with Crippen molar-refractivity contribution < 1.29 is 23.5 Å². The fraction of sp³-hybridized carbons (Fsp3) is 0.182. The van der Waals surface area contributed by atoms with Crippen molar-refractivity contribution in [2.24, 2.45) is 0 Å². The second-order valence-electron chi connectivity index (χ2n) is 6.23. The summed E-state index contributed by atoms with van der Waals surface area (Å²) in [5, 5.41) is 5.29. The fourth-order valence-corrected chi connectivity index (χ4v) is 2.88. The van der Waals surface area contributed by atoms with Crippen molar-refractivity contribution in [1.82, 2.24) is 5.32 Å². The van der Waals surface area contributed by atoms with E-state index < -0.39 is 5.91 Å². The number of methoxy groups -OCH3 is 2. The predicted octanol–water partition coefficient (Wildman–Crippen LogP) is 3.50. The summed E-state index contributed by atoms with van der Waals surface area (Å²) in [6.45, 7) is 0. The summed E-state index contributed by atoms with van der Waals surface area (Å²) in [5.74, 6) is 1.57. The van der Waals surface area contributed by atoms with Crippen LogP contribution in [0.25, 0.3) is 0 Å². The predicted molar refractivity (Wildman–Crippen MR) is 109 cm³/mol. The third kappa shape index (κ3) is 4.76. The number of rotatable bonds is 7. The molecule has 0 spiro atoms. The Labute approximate surface area is 168 Å². The topological polar surface area (TPSA) is 89.8 Å². The van der Waals surface area contributed by atoms with E-state index in [0.29, 0.717) is 34.9 Å². The van der Waals surface area contributed by atoms with Gasteiger partial charge in [-0.3, -0.25) is 9.59 Å². The van der Waals surface area contributed by atoms with Gasteiger partial charge in [-0.25, -0.2) is 0 Å². The van der Waals surface area contributed by atoms with Crippen LogP contribution >= 0.6 is 0 Å². The highest BCUT2D eigenvalue weighted by Crippen LogP contribution is 2.27. The van der Waals surface area contributed by atoms with Gasteiger partial charge in [-0.15, -0.1) is 0 Å². The highest BCUT2D eigenvalue weighted by atomic mass is 16.5. The van der Waals surface area contributed by atoms with Gasteiger partial charge in [0.25, 0.3) is 11.8 Å². The average Bonchev–Trinajstić information content (AvgIpc) is 3.22. The Balaban J connectivity index is 1.73. The second-order valence-corrected chi connectivity index (χ2v) is 6.23. The maximum atomic E-state index is 12.5. The Morgan fingerprint density at radius 2 is 1.79 bits per heavy atom. The summed E-state index contributed by atoms with van der Waals surface area (Å²) in [4.78, 5) is 24.2. The molecule has 3 aromatic rings. The Bertz CT molecular complexity index is 1030. The van der Waals surface area contributed by atoms with E-state index in [9.17, 15) is 9.59 Å². The Morgan fingerprint density at radius 1 is 0.966 bits per heavy atom. The lowest BCUT2D eigenvalue weighted by molar-refractivity contribution is 0.0960. The Morgan fingerprint density at radius 3 is 2.52 bits per heavy atom. The van der Waals surface area contributed by atoms with Crippen molar-refractivity contribution >= 4 is 17.5 Å². The van der Waals surface area contributed by atoms with Gasteiger partial charge in [0.05, 0.1) is 14.2 Å². The monoisotopic (exact) mass is 394 g/mol. The van der Waals surface area contributed by atoms with Crippen molar-refractivity contribution in [1.29, 1.82) is 0 Å². The number of carbonyl (C=O) groups excluding carboxylic acids is 2. The first kappa shape index (κ1) is 20.0. The molecule has 0 saturated carbocycles. The minimum absolute atomic E-state index is 0.173. The summed E-state index contributed by atoms with van der Waals surface area (Å²) in [7, 11) is 4.74. The molecule has 0 bridgehead atoms. The lowest BCUT2D eigenvalue weighted by Crippen LogP contribution is -2.18. The normalized spacial score (nSPS) is 10.3. The van der Waals surface area contributed by atoms with Crippen LogP contribution in [0.15, 0.2) is 59.0 Å². The standard InChI is InChI=1S/C22H22N2O5/c1-23-21(25)14-5-4-6-16(11-14)24-22(26)20-10-8-18(29-20)13-15-12-17(27-2)7-9-19(15)28-3/h4-12H,13H2,1-3H3,(H,23,25)(H,24,26). The maximum Gasteiger partial charge on any atom is 0.291 e. The van der Waals surface area contributed by atoms with Crippen molar-refractivity contribution in [3.05, 3.63) is 77.2 Å². The third-order valence-corrected chi connectivity index (χ3v) is 4.35. The Hall–Kier alpha value is -3.74. The van der Waals surface area contributed by atoms with Gasteiger partial charge in [0.15, 0.2) is 5.76 Å². The summed E-state index contributed by atoms with van der Waals surface area (Å²) in [6.07, 6.45) is 0.444. The van der Waals surface area contributed by atoms with Crippen molar-refractivity contribution in [2.45, 2.75) is 6.42 Å². The van der Waals surface area contributed by atoms with Crippen molar-refractivity contribution in [3.8, 4) is 11.5 Å². The molecule has 0 unspecified atom stereocenters. The van der Waals surface area contributed by atoms with E-state index in [1.165, 1.54) is 0 Å².